The van der Waals surface area contributed by atoms with Gasteiger partial charge >= 0.3 is 5.97 Å². The van der Waals surface area contributed by atoms with Crippen molar-refractivity contribution in [3.05, 3.63) is 29.0 Å². The molecule has 0 unspecified atom stereocenters. The molecule has 1 aromatic heterocycles. The Morgan fingerprint density at radius 3 is 2.79 bits per heavy atom. The van der Waals surface area contributed by atoms with Crippen molar-refractivity contribution in [3.63, 3.8) is 0 Å². The largest absolute Gasteiger partial charge is 0.460 e. The lowest BCUT2D eigenvalue weighted by molar-refractivity contribution is -0.137. The molecule has 0 radical (unpaired) electrons. The van der Waals surface area contributed by atoms with E-state index in [1.54, 1.807) is 6.92 Å². The lowest BCUT2D eigenvalue weighted by Crippen LogP contribution is -2.17. The first-order chi connectivity index (χ1) is 6.65. The van der Waals surface area contributed by atoms with E-state index in [2.05, 4.69) is 9.72 Å². The van der Waals surface area contributed by atoms with Gasteiger partial charge in [0.25, 0.3) is 5.78 Å². The summed E-state index contributed by atoms with van der Waals surface area (Å²) in [6, 6.07) is 1.37. The summed E-state index contributed by atoms with van der Waals surface area (Å²) in [6.07, 6.45) is 2.65. The second-order valence-electron chi connectivity index (χ2n) is 2.44. The zero-order chi connectivity index (χ0) is 10.6. The summed E-state index contributed by atoms with van der Waals surface area (Å²) in [7, 11) is 0. The van der Waals surface area contributed by atoms with Crippen molar-refractivity contribution in [2.75, 3.05) is 6.61 Å². The van der Waals surface area contributed by atoms with E-state index >= 15 is 0 Å². The summed E-state index contributed by atoms with van der Waals surface area (Å²) in [4.78, 5) is 26.0. The highest BCUT2D eigenvalue weighted by Gasteiger charge is 2.17. The van der Waals surface area contributed by atoms with E-state index in [4.69, 9.17) is 11.6 Å². The number of pyridine rings is 1. The molecule has 5 heteroatoms. The molecule has 14 heavy (non-hydrogen) atoms. The van der Waals surface area contributed by atoms with Gasteiger partial charge in [-0.2, -0.15) is 0 Å². The molecule has 74 valence electrons. The first kappa shape index (κ1) is 10.7. The van der Waals surface area contributed by atoms with Crippen LogP contribution in [-0.2, 0) is 9.53 Å². The zero-order valence-corrected chi connectivity index (χ0v) is 8.25. The van der Waals surface area contributed by atoms with Crippen LogP contribution in [0.4, 0.5) is 0 Å². The molecular formula is C9H8ClNO3. The Balaban J connectivity index is 2.84. The molecule has 0 atom stereocenters. The maximum Gasteiger partial charge on any atom is 0.379 e. The van der Waals surface area contributed by atoms with Gasteiger partial charge in [-0.1, -0.05) is 11.6 Å². The highest BCUT2D eigenvalue weighted by atomic mass is 35.5. The molecule has 0 spiro atoms. The third-order valence-corrected chi connectivity index (χ3v) is 1.63. The summed E-state index contributed by atoms with van der Waals surface area (Å²) < 4.78 is 4.54. The molecule has 4 nitrogen and oxygen atoms in total. The summed E-state index contributed by atoms with van der Waals surface area (Å²) >= 11 is 5.60. The molecule has 0 aromatic carbocycles. The number of esters is 1. The van der Waals surface area contributed by atoms with E-state index in [9.17, 15) is 9.59 Å². The highest BCUT2D eigenvalue weighted by Crippen LogP contribution is 2.09. The predicted molar refractivity (Wildman–Crippen MR) is 50.2 cm³/mol. The third-order valence-electron chi connectivity index (χ3n) is 1.43. The number of halogens is 1. The minimum atomic E-state index is -0.892. The Hall–Kier alpha value is -1.42. The minimum absolute atomic E-state index is 0.135. The Morgan fingerprint density at radius 2 is 2.21 bits per heavy atom. The second kappa shape index (κ2) is 4.72. The van der Waals surface area contributed by atoms with E-state index < -0.39 is 11.8 Å². The van der Waals surface area contributed by atoms with Crippen molar-refractivity contribution in [2.45, 2.75) is 6.92 Å². The Bertz CT molecular complexity index is 365. The van der Waals surface area contributed by atoms with Crippen LogP contribution in [0.5, 0.6) is 0 Å². The first-order valence-electron chi connectivity index (χ1n) is 3.97. The van der Waals surface area contributed by atoms with E-state index in [1.165, 1.54) is 18.5 Å². The zero-order valence-electron chi connectivity index (χ0n) is 7.49. The predicted octanol–water partition coefficient (Wildman–Crippen LogP) is 1.48. The number of ketones is 1. The molecule has 0 saturated heterocycles. The maximum atomic E-state index is 11.3. The fourth-order valence-electron chi connectivity index (χ4n) is 0.851. The highest BCUT2D eigenvalue weighted by molar-refractivity contribution is 6.41. The van der Waals surface area contributed by atoms with Gasteiger partial charge < -0.3 is 4.74 Å². The molecular weight excluding hydrogens is 206 g/mol. The quantitative estimate of drug-likeness (QED) is 0.434. The molecule has 1 aromatic rings. The molecule has 1 rings (SSSR count). The molecule has 0 aliphatic heterocycles. The van der Waals surface area contributed by atoms with Gasteiger partial charge in [0.1, 0.15) is 0 Å². The summed E-state index contributed by atoms with van der Waals surface area (Å²) in [5.41, 5.74) is 0.135. The molecule has 0 aliphatic rings. The third kappa shape index (κ3) is 2.53. The van der Waals surface area contributed by atoms with Gasteiger partial charge in [-0.3, -0.25) is 9.78 Å². The number of hydrogen-bond acceptors (Lipinski definition) is 4. The van der Waals surface area contributed by atoms with Crippen LogP contribution in [-0.4, -0.2) is 23.3 Å². The molecule has 0 aliphatic carbocycles. The van der Waals surface area contributed by atoms with Gasteiger partial charge in [-0.05, 0) is 13.0 Å². The fourth-order valence-corrected chi connectivity index (χ4v) is 1.02. The number of carbonyl (C=O) groups excluding carboxylic acids is 2. The standard InChI is InChI=1S/C9H8ClNO3/c1-2-14-9(13)8(12)6-3-7(10)5-11-4-6/h3-5H,2H2,1H3. The van der Waals surface area contributed by atoms with Crippen molar-refractivity contribution < 1.29 is 14.3 Å². The van der Waals surface area contributed by atoms with Crippen molar-refractivity contribution in [2.24, 2.45) is 0 Å². The van der Waals surface area contributed by atoms with Gasteiger partial charge in [0.15, 0.2) is 0 Å². The average Bonchev–Trinajstić information content (AvgIpc) is 2.17. The van der Waals surface area contributed by atoms with Crippen LogP contribution in [0.25, 0.3) is 0 Å². The average molecular weight is 214 g/mol. The molecule has 0 fully saturated rings. The van der Waals surface area contributed by atoms with Gasteiger partial charge in [-0.15, -0.1) is 0 Å². The number of rotatable bonds is 3. The normalized spacial score (nSPS) is 9.57. The van der Waals surface area contributed by atoms with Gasteiger partial charge in [0.05, 0.1) is 11.6 Å². The number of nitrogens with zero attached hydrogens (tertiary/aromatic N) is 1. The molecule has 1 heterocycles. The summed E-state index contributed by atoms with van der Waals surface area (Å²) in [5, 5.41) is 0.306. The minimum Gasteiger partial charge on any atom is -0.460 e. The molecule has 0 saturated carbocycles. The van der Waals surface area contributed by atoms with Crippen molar-refractivity contribution in [1.82, 2.24) is 4.98 Å². The van der Waals surface area contributed by atoms with E-state index in [-0.39, 0.29) is 12.2 Å². The van der Waals surface area contributed by atoms with Crippen LogP contribution in [0.2, 0.25) is 5.02 Å². The van der Waals surface area contributed by atoms with Crippen LogP contribution in [0.1, 0.15) is 17.3 Å². The number of Topliss-reactive ketones (excluding diaryl/α,β-unsaturated/α-hetero) is 1. The van der Waals surface area contributed by atoms with E-state index in [0.717, 1.165) is 0 Å². The van der Waals surface area contributed by atoms with Gasteiger partial charge in [0.2, 0.25) is 0 Å². The monoisotopic (exact) mass is 213 g/mol. The summed E-state index contributed by atoms with van der Waals surface area (Å²) in [5.74, 6) is -1.63. The maximum absolute atomic E-state index is 11.3. The lowest BCUT2D eigenvalue weighted by atomic mass is 10.2. The Labute approximate surface area is 85.9 Å². The Kier molecular flexibility index (Phi) is 3.59. The molecule has 0 amide bonds. The number of aromatic nitrogens is 1. The topological polar surface area (TPSA) is 56.3 Å². The van der Waals surface area contributed by atoms with Crippen molar-refractivity contribution in [3.8, 4) is 0 Å². The van der Waals surface area contributed by atoms with Crippen molar-refractivity contribution >= 4 is 23.4 Å². The SMILES string of the molecule is CCOC(=O)C(=O)c1cncc(Cl)c1. The first-order valence-corrected chi connectivity index (χ1v) is 4.35. The Morgan fingerprint density at radius 1 is 1.50 bits per heavy atom. The van der Waals surface area contributed by atoms with Crippen LogP contribution < -0.4 is 0 Å². The van der Waals surface area contributed by atoms with Crippen LogP contribution in [0, 0.1) is 0 Å². The molecule has 0 N–H and O–H groups in total. The second-order valence-corrected chi connectivity index (χ2v) is 2.88. The van der Waals surface area contributed by atoms with Crippen molar-refractivity contribution in [1.29, 1.82) is 0 Å². The lowest BCUT2D eigenvalue weighted by Gasteiger charge is -2.00. The van der Waals surface area contributed by atoms with E-state index in [0.29, 0.717) is 5.02 Å². The van der Waals surface area contributed by atoms with Gasteiger partial charge in [-0.25, -0.2) is 4.79 Å². The van der Waals surface area contributed by atoms with E-state index in [1.807, 2.05) is 0 Å². The van der Waals surface area contributed by atoms with Crippen LogP contribution in [0.3, 0.4) is 0 Å². The fraction of sp³-hybridized carbons (Fsp3) is 0.222. The van der Waals surface area contributed by atoms with Crippen LogP contribution in [0.15, 0.2) is 18.5 Å². The number of hydrogen-bond donors (Lipinski definition) is 0. The number of carbonyl (C=O) groups is 2. The molecule has 0 bridgehead atoms. The van der Waals surface area contributed by atoms with Crippen LogP contribution >= 0.6 is 11.6 Å². The summed E-state index contributed by atoms with van der Waals surface area (Å²) in [6.45, 7) is 1.79. The number of ether oxygens (including phenoxy) is 1. The van der Waals surface area contributed by atoms with Gasteiger partial charge in [0, 0.05) is 18.0 Å². The smallest absolute Gasteiger partial charge is 0.379 e.